The number of carbonyl (C=O) groups is 1. The van der Waals surface area contributed by atoms with Crippen LogP contribution in [0.3, 0.4) is 0 Å². The summed E-state index contributed by atoms with van der Waals surface area (Å²) >= 11 is 0. The fourth-order valence-electron chi connectivity index (χ4n) is 4.78. The van der Waals surface area contributed by atoms with E-state index < -0.39 is 5.60 Å². The molecule has 1 amide bonds. The van der Waals surface area contributed by atoms with Gasteiger partial charge < -0.3 is 20.1 Å². The predicted molar refractivity (Wildman–Crippen MR) is 109 cm³/mol. The van der Waals surface area contributed by atoms with Gasteiger partial charge in [-0.1, -0.05) is 32.9 Å². The van der Waals surface area contributed by atoms with Crippen molar-refractivity contribution in [1.82, 2.24) is 10.2 Å². The van der Waals surface area contributed by atoms with Gasteiger partial charge in [0.05, 0.1) is 0 Å². The number of hydrogen-bond donors (Lipinski definition) is 2. The van der Waals surface area contributed by atoms with Crippen molar-refractivity contribution in [3.8, 4) is 0 Å². The zero-order valence-corrected chi connectivity index (χ0v) is 17.5. The van der Waals surface area contributed by atoms with Gasteiger partial charge in [-0.3, -0.25) is 4.79 Å². The van der Waals surface area contributed by atoms with Crippen LogP contribution >= 0.6 is 0 Å². The lowest BCUT2D eigenvalue weighted by atomic mass is 9.80. The van der Waals surface area contributed by atoms with Crippen LogP contribution in [0.25, 0.3) is 0 Å². The van der Waals surface area contributed by atoms with Crippen LogP contribution in [0.5, 0.6) is 0 Å². The van der Waals surface area contributed by atoms with E-state index in [1.807, 2.05) is 4.90 Å². The fourth-order valence-corrected chi connectivity index (χ4v) is 4.78. The van der Waals surface area contributed by atoms with Crippen molar-refractivity contribution in [1.29, 1.82) is 0 Å². The first-order valence-electron chi connectivity index (χ1n) is 10.8. The van der Waals surface area contributed by atoms with E-state index in [1.165, 1.54) is 28.7 Å². The molecule has 0 unspecified atom stereocenters. The van der Waals surface area contributed by atoms with Gasteiger partial charge in [0.15, 0.2) is 0 Å². The zero-order valence-electron chi connectivity index (χ0n) is 17.5. The van der Waals surface area contributed by atoms with Crippen molar-refractivity contribution in [3.63, 3.8) is 0 Å². The first kappa shape index (κ1) is 19.9. The number of nitrogens with one attached hydrogen (secondary N) is 1. The Bertz CT molecular complexity index is 741. The summed E-state index contributed by atoms with van der Waals surface area (Å²) in [4.78, 5) is 15.0. The third-order valence-corrected chi connectivity index (χ3v) is 6.68. The first-order valence-corrected chi connectivity index (χ1v) is 10.8. The number of aliphatic hydroxyl groups is 1. The van der Waals surface area contributed by atoms with Crippen LogP contribution in [0.4, 0.5) is 0 Å². The third-order valence-electron chi connectivity index (χ3n) is 6.68. The first-order chi connectivity index (χ1) is 13.3. The minimum absolute atomic E-state index is 0.104. The highest BCUT2D eigenvalue weighted by Crippen LogP contribution is 2.36. The Balaban J connectivity index is 1.66. The number of rotatable bonds is 2. The summed E-state index contributed by atoms with van der Waals surface area (Å²) in [6.07, 6.45) is 4.00. The molecule has 1 atom stereocenters. The summed E-state index contributed by atoms with van der Waals surface area (Å²) in [5.74, 6) is -0.119. The van der Waals surface area contributed by atoms with Crippen LogP contribution in [0.1, 0.15) is 74.8 Å². The molecule has 0 aliphatic carbocycles. The normalized spacial score (nSPS) is 24.9. The Labute approximate surface area is 168 Å². The highest BCUT2D eigenvalue weighted by molar-refractivity contribution is 5.85. The van der Waals surface area contributed by atoms with Gasteiger partial charge in [-0.2, -0.15) is 0 Å². The summed E-state index contributed by atoms with van der Waals surface area (Å²) < 4.78 is 5.35. The number of ether oxygens (including phenoxy) is 1. The molecule has 0 radical (unpaired) electrons. The maximum Gasteiger partial charge on any atom is 0.255 e. The predicted octanol–water partition coefficient (Wildman–Crippen LogP) is 2.83. The molecule has 2 N–H and O–H groups in total. The molecule has 3 aliphatic rings. The smallest absolute Gasteiger partial charge is 0.255 e. The molecule has 3 aliphatic heterocycles. The average Bonchev–Trinajstić information content (AvgIpc) is 3.20. The molecule has 3 heterocycles. The number of benzene rings is 1. The lowest BCUT2D eigenvalue weighted by molar-refractivity contribution is -0.161. The Hall–Kier alpha value is -1.43. The van der Waals surface area contributed by atoms with Crippen molar-refractivity contribution in [3.05, 3.63) is 34.4 Å². The molecule has 2 fully saturated rings. The number of nitrogens with zero attached hydrogens (tertiary/aromatic N) is 1. The molecular weight excluding hydrogens is 352 g/mol. The maximum absolute atomic E-state index is 13.1. The number of amides is 1. The minimum Gasteiger partial charge on any atom is -0.381 e. The second kappa shape index (κ2) is 7.43. The van der Waals surface area contributed by atoms with E-state index in [2.05, 4.69) is 38.2 Å². The minimum atomic E-state index is -1.26. The van der Waals surface area contributed by atoms with E-state index in [1.54, 1.807) is 0 Å². The highest BCUT2D eigenvalue weighted by Gasteiger charge is 2.42. The summed E-state index contributed by atoms with van der Waals surface area (Å²) in [6, 6.07) is 5.08. The fraction of sp³-hybridized carbons (Fsp3) is 0.696. The average molecular weight is 387 g/mol. The van der Waals surface area contributed by atoms with Crippen molar-refractivity contribution >= 4 is 5.91 Å². The molecular formula is C23H34N2O3. The van der Waals surface area contributed by atoms with Crippen molar-refractivity contribution < 1.29 is 14.6 Å². The standard InChI is InChI=1S/C23H34N2O3/c1-22(2,3)17-13-16-6-10-25(21(26)23(27)7-11-28-12-8-23)15-19(16)18(14-17)20-5-4-9-24-20/h13-14,20,24,27H,4-12,15H2,1-3H3/t20-/m0/s1. The van der Waals surface area contributed by atoms with Gasteiger partial charge in [-0.15, -0.1) is 0 Å². The van der Waals surface area contributed by atoms with E-state index in [9.17, 15) is 9.90 Å². The molecule has 1 aromatic rings. The van der Waals surface area contributed by atoms with Crippen LogP contribution in [-0.4, -0.2) is 47.8 Å². The molecule has 1 aromatic carbocycles. The number of carbonyl (C=O) groups excluding carboxylic acids is 1. The summed E-state index contributed by atoms with van der Waals surface area (Å²) in [5.41, 5.74) is 4.25. The van der Waals surface area contributed by atoms with Gasteiger partial charge >= 0.3 is 0 Å². The Kier molecular flexibility index (Phi) is 5.27. The molecule has 0 bridgehead atoms. The molecule has 5 nitrogen and oxygen atoms in total. The third kappa shape index (κ3) is 3.72. The number of fused-ring (bicyclic) bond motifs is 1. The second-order valence-electron chi connectivity index (χ2n) is 9.72. The van der Waals surface area contributed by atoms with Gasteiger partial charge in [-0.25, -0.2) is 0 Å². The number of hydrogen-bond acceptors (Lipinski definition) is 4. The highest BCUT2D eigenvalue weighted by atomic mass is 16.5. The van der Waals surface area contributed by atoms with E-state index in [0.717, 1.165) is 19.4 Å². The van der Waals surface area contributed by atoms with Crippen molar-refractivity contribution in [2.24, 2.45) is 0 Å². The second-order valence-corrected chi connectivity index (χ2v) is 9.72. The van der Waals surface area contributed by atoms with Gasteiger partial charge in [0.1, 0.15) is 5.60 Å². The van der Waals surface area contributed by atoms with E-state index in [4.69, 9.17) is 4.74 Å². The van der Waals surface area contributed by atoms with E-state index >= 15 is 0 Å². The Morgan fingerprint density at radius 2 is 2.04 bits per heavy atom. The lowest BCUT2D eigenvalue weighted by Gasteiger charge is -2.39. The van der Waals surface area contributed by atoms with E-state index in [0.29, 0.717) is 45.2 Å². The van der Waals surface area contributed by atoms with Crippen LogP contribution in [0.2, 0.25) is 0 Å². The van der Waals surface area contributed by atoms with Crippen LogP contribution in [0.15, 0.2) is 12.1 Å². The largest absolute Gasteiger partial charge is 0.381 e. The lowest BCUT2D eigenvalue weighted by Crippen LogP contribution is -2.53. The Morgan fingerprint density at radius 3 is 2.68 bits per heavy atom. The van der Waals surface area contributed by atoms with Crippen LogP contribution in [-0.2, 0) is 27.9 Å². The molecule has 5 heteroatoms. The van der Waals surface area contributed by atoms with E-state index in [-0.39, 0.29) is 11.3 Å². The van der Waals surface area contributed by atoms with Gasteiger partial charge in [-0.05, 0) is 53.5 Å². The molecule has 28 heavy (non-hydrogen) atoms. The molecule has 2 saturated heterocycles. The summed E-state index contributed by atoms with van der Waals surface area (Å²) in [6.45, 7) is 10.1. The van der Waals surface area contributed by atoms with Crippen molar-refractivity contribution in [2.75, 3.05) is 26.3 Å². The van der Waals surface area contributed by atoms with Gasteiger partial charge in [0.2, 0.25) is 0 Å². The SMILES string of the molecule is CC(C)(C)c1cc2c(c([C@@H]3CCCN3)c1)CN(C(=O)C1(O)CCOCC1)CC2. The summed E-state index contributed by atoms with van der Waals surface area (Å²) in [5, 5.41) is 14.5. The molecule has 0 aromatic heterocycles. The van der Waals surface area contributed by atoms with Crippen LogP contribution in [0, 0.1) is 0 Å². The van der Waals surface area contributed by atoms with Crippen molar-refractivity contribution in [2.45, 2.75) is 76.5 Å². The molecule has 0 spiro atoms. The molecule has 4 rings (SSSR count). The maximum atomic E-state index is 13.1. The van der Waals surface area contributed by atoms with Crippen LogP contribution < -0.4 is 5.32 Å². The van der Waals surface area contributed by atoms with Gasteiger partial charge in [0.25, 0.3) is 5.91 Å². The quantitative estimate of drug-likeness (QED) is 0.821. The topological polar surface area (TPSA) is 61.8 Å². The van der Waals surface area contributed by atoms with Gasteiger partial charge in [0, 0.05) is 45.2 Å². The molecule has 154 valence electrons. The monoisotopic (exact) mass is 386 g/mol. The molecule has 0 saturated carbocycles. The summed E-state index contributed by atoms with van der Waals surface area (Å²) in [7, 11) is 0. The Morgan fingerprint density at radius 1 is 1.29 bits per heavy atom. The zero-order chi connectivity index (χ0) is 19.9.